The van der Waals surface area contributed by atoms with E-state index in [4.69, 9.17) is 4.98 Å². The summed E-state index contributed by atoms with van der Waals surface area (Å²) in [4.78, 5) is 23.7. The zero-order valence-corrected chi connectivity index (χ0v) is 16.3. The van der Waals surface area contributed by atoms with Crippen LogP contribution in [0.25, 0.3) is 0 Å². The third-order valence-corrected chi connectivity index (χ3v) is 4.72. The molecule has 1 aliphatic rings. The van der Waals surface area contributed by atoms with Crippen LogP contribution in [-0.2, 0) is 13.0 Å². The molecule has 26 heavy (non-hydrogen) atoms. The van der Waals surface area contributed by atoms with Crippen LogP contribution in [0.5, 0.6) is 0 Å². The molecule has 7 nitrogen and oxygen atoms in total. The van der Waals surface area contributed by atoms with Crippen molar-refractivity contribution in [3.63, 3.8) is 0 Å². The van der Waals surface area contributed by atoms with Crippen molar-refractivity contribution in [1.82, 2.24) is 25.1 Å². The Morgan fingerprint density at radius 1 is 1.31 bits per heavy atom. The minimum absolute atomic E-state index is 0.0900. The molecule has 0 bridgehead atoms. The summed E-state index contributed by atoms with van der Waals surface area (Å²) in [6.45, 7) is 10.6. The maximum Gasteiger partial charge on any atom is 0.270 e. The van der Waals surface area contributed by atoms with E-state index in [1.165, 1.54) is 5.69 Å². The molecule has 1 amide bonds. The molecule has 7 heteroatoms. The lowest BCUT2D eigenvalue weighted by molar-refractivity contribution is 0.0940. The zero-order valence-electron chi connectivity index (χ0n) is 16.3. The number of carbonyl (C=O) groups is 1. The van der Waals surface area contributed by atoms with E-state index in [9.17, 15) is 4.79 Å². The van der Waals surface area contributed by atoms with Crippen LogP contribution < -0.4 is 10.2 Å². The quantitative estimate of drug-likeness (QED) is 0.859. The minimum Gasteiger partial charge on any atom is -0.359 e. The molecular weight excluding hydrogens is 328 g/mol. The van der Waals surface area contributed by atoms with Crippen LogP contribution in [0.3, 0.4) is 0 Å². The van der Waals surface area contributed by atoms with Crippen molar-refractivity contribution in [1.29, 1.82) is 0 Å². The lowest BCUT2D eigenvalue weighted by Crippen LogP contribution is -2.36. The normalized spacial score (nSPS) is 13.7. The van der Waals surface area contributed by atoms with Gasteiger partial charge in [0.1, 0.15) is 17.3 Å². The number of aryl methyl sites for hydroxylation is 3. The summed E-state index contributed by atoms with van der Waals surface area (Å²) in [6, 6.07) is 2.10. The fourth-order valence-electron chi connectivity index (χ4n) is 3.33. The first-order chi connectivity index (χ1) is 12.4. The smallest absolute Gasteiger partial charge is 0.270 e. The number of anilines is 1. The highest BCUT2D eigenvalue weighted by Gasteiger charge is 2.25. The van der Waals surface area contributed by atoms with Gasteiger partial charge in [0, 0.05) is 43.9 Å². The van der Waals surface area contributed by atoms with Gasteiger partial charge in [-0.1, -0.05) is 13.8 Å². The van der Waals surface area contributed by atoms with Gasteiger partial charge in [-0.3, -0.25) is 9.48 Å². The van der Waals surface area contributed by atoms with Gasteiger partial charge in [0.2, 0.25) is 0 Å². The summed E-state index contributed by atoms with van der Waals surface area (Å²) in [5, 5.41) is 7.40. The van der Waals surface area contributed by atoms with Gasteiger partial charge in [0.25, 0.3) is 5.91 Å². The van der Waals surface area contributed by atoms with E-state index in [0.717, 1.165) is 48.8 Å². The average Bonchev–Trinajstić information content (AvgIpc) is 2.91. The molecule has 0 saturated heterocycles. The monoisotopic (exact) mass is 356 g/mol. The van der Waals surface area contributed by atoms with Crippen LogP contribution in [0, 0.1) is 13.8 Å². The van der Waals surface area contributed by atoms with Gasteiger partial charge < -0.3 is 10.2 Å². The molecule has 0 spiro atoms. The number of amides is 1. The molecule has 3 rings (SSSR count). The molecule has 3 heterocycles. The molecule has 0 saturated carbocycles. The fourth-order valence-corrected chi connectivity index (χ4v) is 3.33. The van der Waals surface area contributed by atoms with Crippen LogP contribution in [0.1, 0.15) is 59.5 Å². The topological polar surface area (TPSA) is 75.9 Å². The molecule has 1 N–H and O–H groups in total. The Bertz CT molecular complexity index is 811. The van der Waals surface area contributed by atoms with Gasteiger partial charge in [-0.25, -0.2) is 9.97 Å². The zero-order chi connectivity index (χ0) is 18.8. The molecule has 2 aromatic rings. The lowest BCUT2D eigenvalue weighted by Gasteiger charge is -2.26. The van der Waals surface area contributed by atoms with Crippen LogP contribution >= 0.6 is 0 Å². The fraction of sp³-hybridized carbons (Fsp3) is 0.579. The van der Waals surface area contributed by atoms with Gasteiger partial charge in [-0.05, 0) is 32.8 Å². The number of fused-ring (bicyclic) bond motifs is 1. The predicted octanol–water partition coefficient (Wildman–Crippen LogP) is 2.23. The minimum atomic E-state index is -0.0900. The molecule has 0 aliphatic carbocycles. The van der Waals surface area contributed by atoms with Crippen LogP contribution in [-0.4, -0.2) is 45.8 Å². The summed E-state index contributed by atoms with van der Waals surface area (Å²) in [5.41, 5.74) is 3.73. The van der Waals surface area contributed by atoms with Crippen LogP contribution in [0.4, 0.5) is 5.82 Å². The van der Waals surface area contributed by atoms with Crippen molar-refractivity contribution in [3.8, 4) is 0 Å². The van der Waals surface area contributed by atoms with Crippen molar-refractivity contribution >= 4 is 11.7 Å². The molecule has 2 aromatic heterocycles. The number of rotatable bonds is 6. The Labute approximate surface area is 154 Å². The molecule has 0 aromatic carbocycles. The van der Waals surface area contributed by atoms with Gasteiger partial charge in [0.15, 0.2) is 0 Å². The highest BCUT2D eigenvalue weighted by molar-refractivity contribution is 5.96. The van der Waals surface area contributed by atoms with Crippen LogP contribution in [0.15, 0.2) is 6.07 Å². The van der Waals surface area contributed by atoms with Crippen molar-refractivity contribution in [2.75, 3.05) is 25.0 Å². The Morgan fingerprint density at radius 3 is 2.73 bits per heavy atom. The van der Waals surface area contributed by atoms with Gasteiger partial charge in [0.05, 0.1) is 5.69 Å². The van der Waals surface area contributed by atoms with Crippen molar-refractivity contribution in [2.24, 2.45) is 0 Å². The first-order valence-electron chi connectivity index (χ1n) is 9.28. The third kappa shape index (κ3) is 3.71. The maximum atomic E-state index is 12.2. The SMILES string of the molecule is Cc1cc(C)n(CCCN(C)c2nc(C(C)C)nc3c2CCNC3=O)n1. The van der Waals surface area contributed by atoms with Gasteiger partial charge >= 0.3 is 0 Å². The van der Waals surface area contributed by atoms with Crippen LogP contribution in [0.2, 0.25) is 0 Å². The lowest BCUT2D eigenvalue weighted by atomic mass is 10.0. The number of nitrogens with one attached hydrogen (secondary N) is 1. The summed E-state index contributed by atoms with van der Waals surface area (Å²) in [5.74, 6) is 1.70. The van der Waals surface area contributed by atoms with E-state index in [1.807, 2.05) is 18.7 Å². The molecule has 140 valence electrons. The first kappa shape index (κ1) is 18.4. The van der Waals surface area contributed by atoms with E-state index < -0.39 is 0 Å². The van der Waals surface area contributed by atoms with E-state index in [2.05, 4.69) is 47.1 Å². The second-order valence-corrected chi connectivity index (χ2v) is 7.32. The summed E-state index contributed by atoms with van der Waals surface area (Å²) < 4.78 is 2.05. The van der Waals surface area contributed by atoms with Gasteiger partial charge in [-0.15, -0.1) is 0 Å². The van der Waals surface area contributed by atoms with Crippen molar-refractivity contribution in [2.45, 2.75) is 53.0 Å². The molecule has 0 atom stereocenters. The number of hydrogen-bond donors (Lipinski definition) is 1. The average molecular weight is 356 g/mol. The van der Waals surface area contributed by atoms with E-state index in [0.29, 0.717) is 12.2 Å². The standard InChI is InChI=1S/C19H28N6O/c1-12(2)17-21-16-15(7-8-20-19(16)26)18(22-17)24(5)9-6-10-25-14(4)11-13(3)23-25/h11-12H,6-10H2,1-5H3,(H,20,26). The van der Waals surface area contributed by atoms with E-state index >= 15 is 0 Å². The Balaban J connectivity index is 1.78. The molecule has 0 fully saturated rings. The number of aromatic nitrogens is 4. The predicted molar refractivity (Wildman–Crippen MR) is 102 cm³/mol. The second-order valence-electron chi connectivity index (χ2n) is 7.32. The second kappa shape index (κ2) is 7.43. The number of nitrogens with zero attached hydrogens (tertiary/aromatic N) is 5. The van der Waals surface area contributed by atoms with Crippen molar-refractivity contribution < 1.29 is 4.79 Å². The van der Waals surface area contributed by atoms with Crippen molar-refractivity contribution in [3.05, 3.63) is 34.5 Å². The highest BCUT2D eigenvalue weighted by Crippen LogP contribution is 2.25. The number of hydrogen-bond acceptors (Lipinski definition) is 5. The Hall–Kier alpha value is -2.44. The summed E-state index contributed by atoms with van der Waals surface area (Å²) in [6.07, 6.45) is 1.73. The number of carbonyl (C=O) groups excluding carboxylic acids is 1. The first-order valence-corrected chi connectivity index (χ1v) is 9.28. The third-order valence-electron chi connectivity index (χ3n) is 4.72. The summed E-state index contributed by atoms with van der Waals surface area (Å²) >= 11 is 0. The molecule has 0 radical (unpaired) electrons. The molecule has 0 unspecified atom stereocenters. The Kier molecular flexibility index (Phi) is 5.25. The Morgan fingerprint density at radius 2 is 2.08 bits per heavy atom. The van der Waals surface area contributed by atoms with Gasteiger partial charge in [-0.2, -0.15) is 5.10 Å². The molecular formula is C19H28N6O. The largest absolute Gasteiger partial charge is 0.359 e. The highest BCUT2D eigenvalue weighted by atomic mass is 16.1. The summed E-state index contributed by atoms with van der Waals surface area (Å²) in [7, 11) is 2.04. The maximum absolute atomic E-state index is 12.2. The van der Waals surface area contributed by atoms with E-state index in [1.54, 1.807) is 0 Å². The molecule has 1 aliphatic heterocycles. The van der Waals surface area contributed by atoms with E-state index in [-0.39, 0.29) is 11.8 Å².